The Kier molecular flexibility index (Phi) is 4.13. The van der Waals surface area contributed by atoms with Gasteiger partial charge in [0.25, 0.3) is 5.91 Å². The van der Waals surface area contributed by atoms with E-state index in [-0.39, 0.29) is 12.3 Å². The van der Waals surface area contributed by atoms with Crippen molar-refractivity contribution in [2.45, 2.75) is 38.3 Å². The van der Waals surface area contributed by atoms with E-state index in [0.717, 1.165) is 12.1 Å². The molecule has 0 aliphatic carbocycles. The number of benzene rings is 1. The lowest BCUT2D eigenvalue weighted by Crippen LogP contribution is -2.43. The third-order valence-electron chi connectivity index (χ3n) is 3.35. The van der Waals surface area contributed by atoms with Crippen LogP contribution in [-0.4, -0.2) is 23.9 Å². The summed E-state index contributed by atoms with van der Waals surface area (Å²) >= 11 is 0. The van der Waals surface area contributed by atoms with Crippen molar-refractivity contribution in [3.05, 3.63) is 29.3 Å². The zero-order chi connectivity index (χ0) is 17.5. The molecule has 1 aromatic rings. The predicted molar refractivity (Wildman–Crippen MR) is 74.3 cm³/mol. The predicted octanol–water partition coefficient (Wildman–Crippen LogP) is 3.06. The number of carbonyl (C=O) groups excluding carboxylic acids is 1. The molecule has 1 N–H and O–H groups in total. The molecular formula is C15H15F3N2O3. The van der Waals surface area contributed by atoms with Crippen LogP contribution in [0.3, 0.4) is 0 Å². The average Bonchev–Trinajstić information content (AvgIpc) is 2.73. The summed E-state index contributed by atoms with van der Waals surface area (Å²) in [4.78, 5) is 12.3. The zero-order valence-corrected chi connectivity index (χ0v) is 12.7. The number of rotatable bonds is 2. The van der Waals surface area contributed by atoms with E-state index in [1.54, 1.807) is 13.8 Å². The highest BCUT2D eigenvalue weighted by Crippen LogP contribution is 2.35. The van der Waals surface area contributed by atoms with Gasteiger partial charge >= 0.3 is 6.18 Å². The Morgan fingerprint density at radius 2 is 2.00 bits per heavy atom. The van der Waals surface area contributed by atoms with E-state index in [9.17, 15) is 18.0 Å². The van der Waals surface area contributed by atoms with Gasteiger partial charge in [0, 0.05) is 5.69 Å². The van der Waals surface area contributed by atoms with Crippen molar-refractivity contribution >= 4 is 11.6 Å². The highest BCUT2D eigenvalue weighted by molar-refractivity contribution is 5.97. The van der Waals surface area contributed by atoms with Gasteiger partial charge in [0.2, 0.25) is 0 Å². The molecule has 0 spiro atoms. The number of nitriles is 1. The van der Waals surface area contributed by atoms with E-state index in [1.807, 2.05) is 0 Å². The minimum Gasteiger partial charge on any atom is -0.347 e. The minimum absolute atomic E-state index is 0.0196. The van der Waals surface area contributed by atoms with Crippen LogP contribution in [0.5, 0.6) is 0 Å². The van der Waals surface area contributed by atoms with Crippen molar-refractivity contribution in [1.82, 2.24) is 0 Å². The average molecular weight is 328 g/mol. The van der Waals surface area contributed by atoms with Gasteiger partial charge in [-0.2, -0.15) is 18.4 Å². The number of nitrogens with zero attached hydrogens (tertiary/aromatic N) is 1. The second-order valence-corrected chi connectivity index (χ2v) is 5.85. The topological polar surface area (TPSA) is 71.3 Å². The molecule has 23 heavy (non-hydrogen) atoms. The Morgan fingerprint density at radius 1 is 1.35 bits per heavy atom. The molecule has 124 valence electrons. The van der Waals surface area contributed by atoms with Gasteiger partial charge in [-0.3, -0.25) is 4.79 Å². The fraction of sp³-hybridized carbons (Fsp3) is 0.467. The molecule has 0 radical (unpaired) electrons. The maximum atomic E-state index is 12.9. The number of hydrogen-bond donors (Lipinski definition) is 1. The van der Waals surface area contributed by atoms with Crippen LogP contribution in [0.4, 0.5) is 18.9 Å². The minimum atomic E-state index is -4.69. The van der Waals surface area contributed by atoms with Gasteiger partial charge in [-0.1, -0.05) is 0 Å². The summed E-state index contributed by atoms with van der Waals surface area (Å²) in [6.45, 7) is 4.74. The normalized spacial score (nSPS) is 23.3. The molecule has 0 aromatic heterocycles. The molecular weight excluding hydrogens is 313 g/mol. The van der Waals surface area contributed by atoms with E-state index < -0.39 is 34.6 Å². The first kappa shape index (κ1) is 17.2. The molecule has 1 saturated heterocycles. The van der Waals surface area contributed by atoms with Crippen molar-refractivity contribution in [3.8, 4) is 6.07 Å². The smallest absolute Gasteiger partial charge is 0.347 e. The number of amides is 1. The third kappa shape index (κ3) is 3.63. The number of alkyl halides is 3. The van der Waals surface area contributed by atoms with Crippen LogP contribution in [0.2, 0.25) is 0 Å². The number of anilines is 1. The van der Waals surface area contributed by atoms with Crippen molar-refractivity contribution < 1.29 is 27.4 Å². The van der Waals surface area contributed by atoms with Crippen molar-refractivity contribution in [2.24, 2.45) is 0 Å². The number of nitrogens with one attached hydrogen (secondary N) is 1. The van der Waals surface area contributed by atoms with Gasteiger partial charge in [-0.05, 0) is 39.0 Å². The van der Waals surface area contributed by atoms with Gasteiger partial charge in [0.1, 0.15) is 0 Å². The van der Waals surface area contributed by atoms with Gasteiger partial charge in [-0.25, -0.2) is 0 Å². The standard InChI is InChI=1S/C15H15F3N2O3/c1-13(2)22-8-14(3,23-13)12(21)20-10-5-4-9(7-19)11(6-10)15(16,17)18/h4-6H,8H2,1-3H3,(H,20,21). The van der Waals surface area contributed by atoms with Crippen LogP contribution in [-0.2, 0) is 20.4 Å². The molecule has 1 amide bonds. The molecule has 1 aliphatic heterocycles. The lowest BCUT2D eigenvalue weighted by molar-refractivity contribution is -0.167. The zero-order valence-electron chi connectivity index (χ0n) is 12.7. The molecule has 1 atom stereocenters. The number of halogens is 3. The first-order valence-electron chi connectivity index (χ1n) is 6.74. The summed E-state index contributed by atoms with van der Waals surface area (Å²) in [5, 5.41) is 11.1. The molecule has 8 heteroatoms. The maximum absolute atomic E-state index is 12.9. The number of carbonyl (C=O) groups is 1. The molecule has 5 nitrogen and oxygen atoms in total. The van der Waals surface area contributed by atoms with Gasteiger partial charge in [-0.15, -0.1) is 0 Å². The summed E-state index contributed by atoms with van der Waals surface area (Å²) < 4.78 is 49.6. The van der Waals surface area contributed by atoms with E-state index in [4.69, 9.17) is 14.7 Å². The van der Waals surface area contributed by atoms with E-state index in [2.05, 4.69) is 5.32 Å². The lowest BCUT2D eigenvalue weighted by atomic mass is 10.1. The maximum Gasteiger partial charge on any atom is 0.417 e. The van der Waals surface area contributed by atoms with Gasteiger partial charge < -0.3 is 14.8 Å². The quantitative estimate of drug-likeness (QED) is 0.906. The van der Waals surface area contributed by atoms with Crippen LogP contribution in [0.25, 0.3) is 0 Å². The van der Waals surface area contributed by atoms with Crippen LogP contribution < -0.4 is 5.32 Å². The second-order valence-electron chi connectivity index (χ2n) is 5.85. The van der Waals surface area contributed by atoms with Crippen LogP contribution >= 0.6 is 0 Å². The first-order valence-corrected chi connectivity index (χ1v) is 6.74. The number of ether oxygens (including phenoxy) is 2. The summed E-state index contributed by atoms with van der Waals surface area (Å²) in [7, 11) is 0. The first-order chi connectivity index (χ1) is 10.5. The molecule has 1 unspecified atom stereocenters. The fourth-order valence-corrected chi connectivity index (χ4v) is 2.24. The Labute approximate surface area is 131 Å². The molecule has 2 rings (SSSR count). The van der Waals surface area contributed by atoms with Crippen molar-refractivity contribution in [2.75, 3.05) is 11.9 Å². The molecule has 0 bridgehead atoms. The van der Waals surface area contributed by atoms with E-state index >= 15 is 0 Å². The molecule has 1 heterocycles. The fourth-order valence-electron chi connectivity index (χ4n) is 2.24. The van der Waals surface area contributed by atoms with E-state index in [1.165, 1.54) is 19.1 Å². The Balaban J connectivity index is 2.25. The molecule has 1 aromatic carbocycles. The van der Waals surface area contributed by atoms with Crippen LogP contribution in [0.15, 0.2) is 18.2 Å². The largest absolute Gasteiger partial charge is 0.417 e. The van der Waals surface area contributed by atoms with E-state index in [0.29, 0.717) is 0 Å². The second kappa shape index (κ2) is 5.51. The van der Waals surface area contributed by atoms with Crippen LogP contribution in [0, 0.1) is 11.3 Å². The highest BCUT2D eigenvalue weighted by atomic mass is 19.4. The SMILES string of the molecule is CC1(C)OCC(C)(C(=O)Nc2ccc(C#N)c(C(F)(F)F)c2)O1. The Bertz CT molecular complexity index is 680. The number of hydrogen-bond acceptors (Lipinski definition) is 4. The Hall–Kier alpha value is -2.11. The summed E-state index contributed by atoms with van der Waals surface area (Å²) in [5.74, 6) is -1.57. The monoisotopic (exact) mass is 328 g/mol. The van der Waals surface area contributed by atoms with Crippen molar-refractivity contribution in [1.29, 1.82) is 5.26 Å². The van der Waals surface area contributed by atoms with Crippen LogP contribution in [0.1, 0.15) is 31.9 Å². The lowest BCUT2D eigenvalue weighted by Gasteiger charge is -2.24. The molecule has 1 fully saturated rings. The van der Waals surface area contributed by atoms with Gasteiger partial charge in [0.15, 0.2) is 11.4 Å². The molecule has 1 aliphatic rings. The molecule has 0 saturated carbocycles. The summed E-state index contributed by atoms with van der Waals surface area (Å²) in [5.41, 5.74) is -3.00. The Morgan fingerprint density at radius 3 is 2.48 bits per heavy atom. The highest BCUT2D eigenvalue weighted by Gasteiger charge is 2.47. The third-order valence-corrected chi connectivity index (χ3v) is 3.35. The summed E-state index contributed by atoms with van der Waals surface area (Å²) in [6, 6.07) is 4.44. The van der Waals surface area contributed by atoms with Gasteiger partial charge in [0.05, 0.1) is 23.8 Å². The van der Waals surface area contributed by atoms with Crippen molar-refractivity contribution in [3.63, 3.8) is 0 Å². The summed E-state index contributed by atoms with van der Waals surface area (Å²) in [6.07, 6.45) is -4.69.